The van der Waals surface area contributed by atoms with Gasteiger partial charge < -0.3 is 14.7 Å². The van der Waals surface area contributed by atoms with Crippen molar-refractivity contribution in [2.75, 3.05) is 0 Å². The zero-order valence-corrected chi connectivity index (χ0v) is 16.8. The number of amides is 1. The van der Waals surface area contributed by atoms with Crippen molar-refractivity contribution >= 4 is 6.09 Å². The van der Waals surface area contributed by atoms with Crippen molar-refractivity contribution in [3.63, 3.8) is 0 Å². The Morgan fingerprint density at radius 2 is 1.56 bits per heavy atom. The Balaban J connectivity index is 3.02. The minimum atomic E-state index is -1.10. The lowest BCUT2D eigenvalue weighted by atomic mass is 9.68. The largest absolute Gasteiger partial charge is 0.418 e. The van der Waals surface area contributed by atoms with Gasteiger partial charge in [0.1, 0.15) is 0 Å². The highest BCUT2D eigenvalue weighted by atomic mass is 16.5. The van der Waals surface area contributed by atoms with Crippen LogP contribution in [0, 0.1) is 5.41 Å². The van der Waals surface area contributed by atoms with Crippen LogP contribution < -0.4 is 0 Å². The minimum Gasteiger partial charge on any atom is -0.418 e. The quantitative estimate of drug-likeness (QED) is 0.730. The first kappa shape index (κ1) is 21.2. The summed E-state index contributed by atoms with van der Waals surface area (Å²) >= 11 is 0. The molecule has 1 aromatic carbocycles. The van der Waals surface area contributed by atoms with Crippen molar-refractivity contribution in [2.45, 2.75) is 73.1 Å². The van der Waals surface area contributed by atoms with Gasteiger partial charge >= 0.3 is 6.09 Å². The third-order valence-electron chi connectivity index (χ3n) is 5.20. The molecular weight excluding hydrogens is 314 g/mol. The molecule has 1 atom stereocenters. The van der Waals surface area contributed by atoms with Gasteiger partial charge in [0, 0.05) is 17.5 Å². The SMILES string of the molecule is C/C(=C/OC(=O)N(C(C)C)C(C)C)C(C)(C)C(C)(O)c1ccccc1. The van der Waals surface area contributed by atoms with E-state index in [9.17, 15) is 9.90 Å². The highest BCUT2D eigenvalue weighted by molar-refractivity contribution is 5.69. The maximum Gasteiger partial charge on any atom is 0.415 e. The molecule has 0 saturated carbocycles. The van der Waals surface area contributed by atoms with Gasteiger partial charge in [-0.05, 0) is 52.7 Å². The number of carbonyl (C=O) groups is 1. The summed E-state index contributed by atoms with van der Waals surface area (Å²) in [7, 11) is 0. The Bertz CT molecular complexity index is 593. The fourth-order valence-corrected chi connectivity index (χ4v) is 2.87. The van der Waals surface area contributed by atoms with Crippen LogP contribution in [-0.2, 0) is 10.3 Å². The van der Waals surface area contributed by atoms with Crippen LogP contribution in [0.25, 0.3) is 0 Å². The molecule has 4 heteroatoms. The molecule has 0 aliphatic carbocycles. The molecule has 0 aliphatic heterocycles. The molecule has 140 valence electrons. The van der Waals surface area contributed by atoms with Crippen LogP contribution in [0.4, 0.5) is 4.79 Å². The van der Waals surface area contributed by atoms with E-state index in [4.69, 9.17) is 4.74 Å². The second kappa shape index (κ2) is 8.05. The lowest BCUT2D eigenvalue weighted by Gasteiger charge is -2.41. The van der Waals surface area contributed by atoms with E-state index in [-0.39, 0.29) is 18.2 Å². The maximum absolute atomic E-state index is 12.4. The van der Waals surface area contributed by atoms with Gasteiger partial charge in [-0.1, -0.05) is 44.2 Å². The van der Waals surface area contributed by atoms with Crippen LogP contribution in [0.15, 0.2) is 42.2 Å². The highest BCUT2D eigenvalue weighted by Gasteiger charge is 2.42. The molecule has 0 heterocycles. The van der Waals surface area contributed by atoms with E-state index in [2.05, 4.69) is 0 Å². The lowest BCUT2D eigenvalue weighted by molar-refractivity contribution is -0.0382. The van der Waals surface area contributed by atoms with Gasteiger partial charge in [-0.3, -0.25) is 0 Å². The molecule has 0 aliphatic rings. The monoisotopic (exact) mass is 347 g/mol. The number of carbonyl (C=O) groups excluding carboxylic acids is 1. The Kier molecular flexibility index (Phi) is 6.83. The van der Waals surface area contributed by atoms with Gasteiger partial charge in [0.15, 0.2) is 0 Å². The Labute approximate surface area is 152 Å². The van der Waals surface area contributed by atoms with Crippen LogP contribution >= 0.6 is 0 Å². The van der Waals surface area contributed by atoms with Crippen molar-refractivity contribution < 1.29 is 14.6 Å². The molecule has 1 amide bonds. The molecule has 1 rings (SSSR count). The molecule has 0 aromatic heterocycles. The second-order valence-electron chi connectivity index (χ2n) is 7.84. The molecule has 4 nitrogen and oxygen atoms in total. The summed E-state index contributed by atoms with van der Waals surface area (Å²) in [5, 5.41) is 11.1. The normalized spacial score (nSPS) is 15.2. The third kappa shape index (κ3) is 4.63. The fourth-order valence-electron chi connectivity index (χ4n) is 2.87. The van der Waals surface area contributed by atoms with Crippen LogP contribution in [-0.4, -0.2) is 28.2 Å². The molecule has 25 heavy (non-hydrogen) atoms. The van der Waals surface area contributed by atoms with Crippen molar-refractivity contribution in [1.29, 1.82) is 0 Å². The van der Waals surface area contributed by atoms with Crippen LogP contribution in [0.2, 0.25) is 0 Å². The Hall–Kier alpha value is -1.81. The van der Waals surface area contributed by atoms with Crippen molar-refractivity contribution in [2.24, 2.45) is 5.41 Å². The molecular formula is C21H33NO3. The van der Waals surface area contributed by atoms with Crippen molar-refractivity contribution in [3.05, 3.63) is 47.7 Å². The predicted octanol–water partition coefficient (Wildman–Crippen LogP) is 5.08. The first-order valence-corrected chi connectivity index (χ1v) is 8.87. The zero-order chi connectivity index (χ0) is 19.4. The van der Waals surface area contributed by atoms with E-state index >= 15 is 0 Å². The standard InChI is InChI=1S/C21H33NO3/c1-15(2)22(16(3)4)19(23)25-14-17(5)20(6,7)21(8,24)18-12-10-9-11-13-18/h9-16,24H,1-8H3/b17-14-. The molecule has 0 spiro atoms. The summed E-state index contributed by atoms with van der Waals surface area (Å²) in [5.41, 5.74) is -0.0983. The summed E-state index contributed by atoms with van der Waals surface area (Å²) in [6.07, 6.45) is 1.09. The lowest BCUT2D eigenvalue weighted by Crippen LogP contribution is -2.42. The molecule has 1 aromatic rings. The molecule has 0 bridgehead atoms. The van der Waals surface area contributed by atoms with Crippen LogP contribution in [0.1, 0.15) is 61.0 Å². The van der Waals surface area contributed by atoms with Crippen LogP contribution in [0.3, 0.4) is 0 Å². The zero-order valence-electron chi connectivity index (χ0n) is 16.8. The predicted molar refractivity (Wildman–Crippen MR) is 102 cm³/mol. The number of benzene rings is 1. The molecule has 0 radical (unpaired) electrons. The van der Waals surface area contributed by atoms with E-state index in [1.54, 1.807) is 11.8 Å². The molecule has 1 unspecified atom stereocenters. The van der Waals surface area contributed by atoms with Crippen LogP contribution in [0.5, 0.6) is 0 Å². The Morgan fingerprint density at radius 3 is 2.00 bits per heavy atom. The van der Waals surface area contributed by atoms with E-state index in [1.165, 1.54) is 6.26 Å². The maximum atomic E-state index is 12.4. The number of aliphatic hydroxyl groups is 1. The number of nitrogens with zero attached hydrogens (tertiary/aromatic N) is 1. The summed E-state index contributed by atoms with van der Waals surface area (Å²) in [6, 6.07) is 9.65. The third-order valence-corrected chi connectivity index (χ3v) is 5.20. The fraction of sp³-hybridized carbons (Fsp3) is 0.571. The van der Waals surface area contributed by atoms with Gasteiger partial charge in [0.2, 0.25) is 0 Å². The first-order valence-electron chi connectivity index (χ1n) is 8.87. The number of rotatable bonds is 6. The van der Waals surface area contributed by atoms with Crippen molar-refractivity contribution in [1.82, 2.24) is 4.90 Å². The van der Waals surface area contributed by atoms with Gasteiger partial charge in [-0.15, -0.1) is 0 Å². The number of hydrogen-bond acceptors (Lipinski definition) is 3. The van der Waals surface area contributed by atoms with E-state index in [1.807, 2.05) is 78.8 Å². The number of hydrogen-bond donors (Lipinski definition) is 1. The van der Waals surface area contributed by atoms with E-state index in [0.717, 1.165) is 11.1 Å². The topological polar surface area (TPSA) is 49.8 Å². The van der Waals surface area contributed by atoms with Gasteiger partial charge in [0.25, 0.3) is 0 Å². The summed E-state index contributed by atoms with van der Waals surface area (Å²) < 4.78 is 5.42. The molecule has 0 saturated heterocycles. The smallest absolute Gasteiger partial charge is 0.415 e. The first-order chi connectivity index (χ1) is 11.4. The van der Waals surface area contributed by atoms with E-state index < -0.39 is 11.0 Å². The van der Waals surface area contributed by atoms with Crippen molar-refractivity contribution in [3.8, 4) is 0 Å². The second-order valence-corrected chi connectivity index (χ2v) is 7.84. The summed E-state index contributed by atoms with van der Waals surface area (Å²) in [6.45, 7) is 15.4. The average molecular weight is 347 g/mol. The minimum absolute atomic E-state index is 0.0571. The van der Waals surface area contributed by atoms with Gasteiger partial charge in [-0.2, -0.15) is 0 Å². The summed E-state index contributed by atoms with van der Waals surface area (Å²) in [4.78, 5) is 14.1. The average Bonchev–Trinajstić information content (AvgIpc) is 2.52. The Morgan fingerprint density at radius 1 is 1.08 bits per heavy atom. The number of ether oxygens (including phenoxy) is 1. The summed E-state index contributed by atoms with van der Waals surface area (Å²) in [5.74, 6) is 0. The highest BCUT2D eigenvalue weighted by Crippen LogP contribution is 2.44. The van der Waals surface area contributed by atoms with E-state index in [0.29, 0.717) is 0 Å². The molecule has 0 fully saturated rings. The molecule has 1 N–H and O–H groups in total. The van der Waals surface area contributed by atoms with Gasteiger partial charge in [0.05, 0.1) is 11.9 Å². The van der Waals surface area contributed by atoms with Gasteiger partial charge in [-0.25, -0.2) is 4.79 Å².